The summed E-state index contributed by atoms with van der Waals surface area (Å²) in [6.45, 7) is 0.383. The molecule has 1 heterocycles. The molecule has 0 atom stereocenters. The van der Waals surface area contributed by atoms with Crippen LogP contribution in [0.1, 0.15) is 0 Å². The molecule has 8 heteroatoms. The summed E-state index contributed by atoms with van der Waals surface area (Å²) in [7, 11) is -2.17. The first-order valence-electron chi connectivity index (χ1n) is 5.51. The highest BCUT2D eigenvalue weighted by molar-refractivity contribution is 9.10. The number of rotatable bonds is 2. The lowest BCUT2D eigenvalue weighted by molar-refractivity contribution is -0.132. The summed E-state index contributed by atoms with van der Waals surface area (Å²) in [5, 5.41) is 0. The molecule has 0 spiro atoms. The number of hydrogen-bond acceptors (Lipinski definition) is 3. The minimum atomic E-state index is -3.79. The number of amides is 1. The third kappa shape index (κ3) is 2.80. The summed E-state index contributed by atoms with van der Waals surface area (Å²) in [6.07, 6.45) is 0. The van der Waals surface area contributed by atoms with E-state index in [1.165, 1.54) is 11.0 Å². The van der Waals surface area contributed by atoms with Gasteiger partial charge in [0.1, 0.15) is 5.82 Å². The molecule has 1 aromatic rings. The molecule has 1 saturated heterocycles. The number of carbonyl (C=O) groups excluding carboxylic acids is 1. The van der Waals surface area contributed by atoms with Crippen molar-refractivity contribution < 1.29 is 17.6 Å². The lowest BCUT2D eigenvalue weighted by Gasteiger charge is -2.31. The third-order valence-corrected chi connectivity index (χ3v) is 5.76. The first kappa shape index (κ1) is 14.4. The fraction of sp³-hybridized carbons (Fsp3) is 0.364. The van der Waals surface area contributed by atoms with Crippen LogP contribution in [0.2, 0.25) is 0 Å². The number of sulfonamides is 1. The maximum absolute atomic E-state index is 13.0. The molecule has 5 nitrogen and oxygen atoms in total. The summed E-state index contributed by atoms with van der Waals surface area (Å²) in [5.74, 6) is -0.784. The average molecular weight is 351 g/mol. The molecular formula is C11H12BrFN2O3S. The van der Waals surface area contributed by atoms with Gasteiger partial charge in [-0.15, -0.1) is 0 Å². The van der Waals surface area contributed by atoms with Crippen molar-refractivity contribution in [2.75, 3.05) is 26.7 Å². The molecule has 0 N–H and O–H groups in total. The number of carbonyl (C=O) groups is 1. The summed E-state index contributed by atoms with van der Waals surface area (Å²) >= 11 is 3.04. The molecule has 19 heavy (non-hydrogen) atoms. The van der Waals surface area contributed by atoms with Crippen molar-refractivity contribution in [1.29, 1.82) is 0 Å². The molecule has 1 aliphatic heterocycles. The first-order chi connectivity index (χ1) is 8.82. The highest BCUT2D eigenvalue weighted by Crippen LogP contribution is 2.26. The van der Waals surface area contributed by atoms with Crippen LogP contribution in [0.25, 0.3) is 0 Å². The summed E-state index contributed by atoms with van der Waals surface area (Å²) < 4.78 is 39.0. The van der Waals surface area contributed by atoms with Crippen molar-refractivity contribution >= 4 is 31.9 Å². The van der Waals surface area contributed by atoms with E-state index in [1.54, 1.807) is 7.05 Å². The lowest BCUT2D eigenvalue weighted by atomic mass is 10.3. The van der Waals surface area contributed by atoms with Crippen molar-refractivity contribution in [2.24, 2.45) is 0 Å². The van der Waals surface area contributed by atoms with E-state index in [9.17, 15) is 17.6 Å². The zero-order valence-electron chi connectivity index (χ0n) is 10.1. The topological polar surface area (TPSA) is 57.7 Å². The number of halogens is 2. The second-order valence-corrected chi connectivity index (χ2v) is 6.99. The van der Waals surface area contributed by atoms with E-state index in [0.717, 1.165) is 16.4 Å². The standard InChI is InChI=1S/C11H12BrFN2O3S/c1-14-4-5-15(7-11(14)16)19(17,18)10-3-2-8(13)6-9(10)12/h2-3,6H,4-5,7H2,1H3. The predicted molar refractivity (Wildman–Crippen MR) is 70.5 cm³/mol. The van der Waals surface area contributed by atoms with Crippen LogP contribution in [-0.2, 0) is 14.8 Å². The molecule has 2 rings (SSSR count). The van der Waals surface area contributed by atoms with Crippen molar-refractivity contribution in [3.05, 3.63) is 28.5 Å². The summed E-state index contributed by atoms with van der Waals surface area (Å²) in [6, 6.07) is 3.36. The molecule has 1 fully saturated rings. The van der Waals surface area contributed by atoms with E-state index in [2.05, 4.69) is 15.9 Å². The Labute approximate surface area is 119 Å². The van der Waals surface area contributed by atoms with Crippen LogP contribution in [0.5, 0.6) is 0 Å². The number of hydrogen-bond donors (Lipinski definition) is 0. The Morgan fingerprint density at radius 1 is 1.32 bits per heavy atom. The molecule has 0 aromatic heterocycles. The van der Waals surface area contributed by atoms with Crippen LogP contribution in [0, 0.1) is 5.82 Å². The van der Waals surface area contributed by atoms with Gasteiger partial charge in [0.2, 0.25) is 15.9 Å². The second-order valence-electron chi connectivity index (χ2n) is 4.23. The van der Waals surface area contributed by atoms with Gasteiger partial charge in [0.15, 0.2) is 0 Å². The number of likely N-dealkylation sites (N-methyl/N-ethyl adjacent to an activating group) is 1. The SMILES string of the molecule is CN1CCN(S(=O)(=O)c2ccc(F)cc2Br)CC1=O. The van der Waals surface area contributed by atoms with E-state index in [1.807, 2.05) is 0 Å². The van der Waals surface area contributed by atoms with Crippen molar-refractivity contribution in [3.8, 4) is 0 Å². The first-order valence-corrected chi connectivity index (χ1v) is 7.75. The zero-order chi connectivity index (χ0) is 14.2. The normalized spacial score (nSPS) is 17.8. The van der Waals surface area contributed by atoms with Crippen molar-refractivity contribution in [2.45, 2.75) is 4.90 Å². The molecule has 0 aliphatic carbocycles. The summed E-state index contributed by atoms with van der Waals surface area (Å²) in [4.78, 5) is 13.0. The lowest BCUT2D eigenvalue weighted by Crippen LogP contribution is -2.50. The molecule has 0 saturated carbocycles. The molecule has 0 unspecified atom stereocenters. The van der Waals surface area contributed by atoms with E-state index >= 15 is 0 Å². The van der Waals surface area contributed by atoms with Crippen LogP contribution in [0.4, 0.5) is 4.39 Å². The predicted octanol–water partition coefficient (Wildman–Crippen LogP) is 1.05. The largest absolute Gasteiger partial charge is 0.343 e. The second kappa shape index (κ2) is 5.18. The van der Waals surface area contributed by atoms with Crippen LogP contribution >= 0.6 is 15.9 Å². The van der Waals surface area contributed by atoms with Gasteiger partial charge in [-0.3, -0.25) is 4.79 Å². The Bertz CT molecular complexity index is 620. The van der Waals surface area contributed by atoms with Gasteiger partial charge in [-0.05, 0) is 34.1 Å². The van der Waals surface area contributed by atoms with Gasteiger partial charge in [0.05, 0.1) is 11.4 Å². The highest BCUT2D eigenvalue weighted by atomic mass is 79.9. The maximum Gasteiger partial charge on any atom is 0.244 e. The van der Waals surface area contributed by atoms with Gasteiger partial charge in [0, 0.05) is 24.6 Å². The molecule has 104 valence electrons. The van der Waals surface area contributed by atoms with E-state index in [-0.39, 0.29) is 28.4 Å². The molecule has 1 aromatic carbocycles. The van der Waals surface area contributed by atoms with Gasteiger partial charge >= 0.3 is 0 Å². The van der Waals surface area contributed by atoms with E-state index in [4.69, 9.17) is 0 Å². The van der Waals surface area contributed by atoms with Crippen LogP contribution in [0.15, 0.2) is 27.6 Å². The highest BCUT2D eigenvalue weighted by Gasteiger charge is 2.32. The monoisotopic (exact) mass is 350 g/mol. The number of benzene rings is 1. The Hall–Kier alpha value is -0.990. The molecule has 0 bridgehead atoms. The Balaban J connectivity index is 2.35. The van der Waals surface area contributed by atoms with Gasteiger partial charge in [-0.25, -0.2) is 12.8 Å². The zero-order valence-corrected chi connectivity index (χ0v) is 12.5. The van der Waals surface area contributed by atoms with Gasteiger partial charge in [-0.1, -0.05) is 0 Å². The molecule has 1 amide bonds. The van der Waals surface area contributed by atoms with Crippen LogP contribution in [-0.4, -0.2) is 50.2 Å². The maximum atomic E-state index is 13.0. The van der Waals surface area contributed by atoms with Gasteiger partial charge < -0.3 is 4.90 Å². The minimum Gasteiger partial charge on any atom is -0.343 e. The average Bonchev–Trinajstić information content (AvgIpc) is 2.32. The summed E-state index contributed by atoms with van der Waals surface area (Å²) in [5.41, 5.74) is 0. The minimum absolute atomic E-state index is 0.0359. The van der Waals surface area contributed by atoms with Crippen molar-refractivity contribution in [1.82, 2.24) is 9.21 Å². The molecular weight excluding hydrogens is 339 g/mol. The smallest absolute Gasteiger partial charge is 0.244 e. The number of piperazine rings is 1. The van der Waals surface area contributed by atoms with Gasteiger partial charge in [0.25, 0.3) is 0 Å². The third-order valence-electron chi connectivity index (χ3n) is 2.93. The van der Waals surface area contributed by atoms with E-state index < -0.39 is 15.8 Å². The fourth-order valence-electron chi connectivity index (χ4n) is 1.77. The van der Waals surface area contributed by atoms with Gasteiger partial charge in [-0.2, -0.15) is 4.31 Å². The Kier molecular flexibility index (Phi) is 3.93. The number of nitrogens with zero attached hydrogens (tertiary/aromatic N) is 2. The van der Waals surface area contributed by atoms with Crippen LogP contribution < -0.4 is 0 Å². The molecule has 0 radical (unpaired) electrons. The Morgan fingerprint density at radius 3 is 2.58 bits per heavy atom. The quantitative estimate of drug-likeness (QED) is 0.801. The Morgan fingerprint density at radius 2 is 2.00 bits per heavy atom. The van der Waals surface area contributed by atoms with Crippen LogP contribution in [0.3, 0.4) is 0 Å². The van der Waals surface area contributed by atoms with E-state index in [0.29, 0.717) is 6.54 Å². The fourth-order valence-corrected chi connectivity index (χ4v) is 4.16. The molecule has 1 aliphatic rings. The van der Waals surface area contributed by atoms with Crippen molar-refractivity contribution in [3.63, 3.8) is 0 Å².